The molecule has 38 heavy (non-hydrogen) atoms. The highest BCUT2D eigenvalue weighted by atomic mass is 16.4. The van der Waals surface area contributed by atoms with E-state index >= 15 is 0 Å². The van der Waals surface area contributed by atoms with Crippen molar-refractivity contribution in [3.63, 3.8) is 0 Å². The Hall–Kier alpha value is -5.34. The topological polar surface area (TPSA) is 69.3 Å². The van der Waals surface area contributed by atoms with E-state index in [9.17, 15) is 15.2 Å². The average Bonchev–Trinajstić information content (AvgIpc) is 3.34. The number of carboxylic acids is 1. The van der Waals surface area contributed by atoms with Crippen LogP contribution in [0.5, 0.6) is 0 Å². The van der Waals surface area contributed by atoms with Crippen LogP contribution in [0.4, 0.5) is 17.1 Å². The minimum atomic E-state index is -1.25. The van der Waals surface area contributed by atoms with Crippen molar-refractivity contribution in [2.45, 2.75) is 0 Å². The first-order valence-electron chi connectivity index (χ1n) is 12.2. The lowest BCUT2D eigenvalue weighted by Crippen LogP contribution is -2.09. The maximum absolute atomic E-state index is 11.9. The molecule has 0 fully saturated rings. The highest BCUT2D eigenvalue weighted by molar-refractivity contribution is 6.04. The fourth-order valence-electron chi connectivity index (χ4n) is 4.67. The van der Waals surface area contributed by atoms with E-state index in [1.807, 2.05) is 96.5 Å². The molecular weight excluding hydrogens is 470 g/mol. The third-order valence-electron chi connectivity index (χ3n) is 6.47. The zero-order valence-corrected chi connectivity index (χ0v) is 20.8. The quantitative estimate of drug-likeness (QED) is 0.187. The number of carbonyl (C=O) groups is 1. The molecule has 1 N–H and O–H groups in total. The summed E-state index contributed by atoms with van der Waals surface area (Å²) in [6, 6.07) is 43.6. The number of aliphatic carboxylic acids is 1. The summed E-state index contributed by atoms with van der Waals surface area (Å²) in [4.78, 5) is 14.1. The smallest absolute Gasteiger partial charge is 0.347 e. The van der Waals surface area contributed by atoms with Crippen molar-refractivity contribution in [2.24, 2.45) is 7.05 Å². The number of aromatic nitrogens is 1. The summed E-state index contributed by atoms with van der Waals surface area (Å²) in [6.45, 7) is 0. The van der Waals surface area contributed by atoms with Crippen LogP contribution in [0.1, 0.15) is 11.3 Å². The van der Waals surface area contributed by atoms with Gasteiger partial charge in [0, 0.05) is 35.4 Å². The Balaban J connectivity index is 1.56. The lowest BCUT2D eigenvalue weighted by atomic mass is 9.97. The summed E-state index contributed by atoms with van der Waals surface area (Å²) in [7, 11) is 1.89. The molecule has 4 aromatic carbocycles. The van der Waals surface area contributed by atoms with Crippen LogP contribution in [0, 0.1) is 11.3 Å². The predicted molar refractivity (Wildman–Crippen MR) is 151 cm³/mol. The number of para-hydroxylation sites is 2. The summed E-state index contributed by atoms with van der Waals surface area (Å²) in [5.41, 5.74) is 6.46. The van der Waals surface area contributed by atoms with Crippen molar-refractivity contribution < 1.29 is 9.90 Å². The molecule has 0 aliphatic carbocycles. The van der Waals surface area contributed by atoms with Crippen LogP contribution < -0.4 is 4.90 Å². The normalized spacial score (nSPS) is 11.4. The molecule has 1 aromatic heterocycles. The van der Waals surface area contributed by atoms with Gasteiger partial charge in [0.05, 0.1) is 5.69 Å². The van der Waals surface area contributed by atoms with E-state index in [2.05, 4.69) is 53.4 Å². The first kappa shape index (κ1) is 24.4. The second kappa shape index (κ2) is 10.7. The first-order chi connectivity index (χ1) is 18.6. The monoisotopic (exact) mass is 495 g/mol. The lowest BCUT2D eigenvalue weighted by Gasteiger charge is -2.25. The molecule has 0 unspecified atom stereocenters. The second-order valence-corrected chi connectivity index (χ2v) is 8.75. The number of nitriles is 1. The molecule has 184 valence electrons. The average molecular weight is 496 g/mol. The van der Waals surface area contributed by atoms with Gasteiger partial charge >= 0.3 is 5.97 Å². The Morgan fingerprint density at radius 3 is 1.71 bits per heavy atom. The Morgan fingerprint density at radius 1 is 0.711 bits per heavy atom. The Bertz CT molecular complexity index is 1590. The fraction of sp³-hybridized carbons (Fsp3) is 0.0303. The van der Waals surface area contributed by atoms with Crippen molar-refractivity contribution >= 4 is 28.6 Å². The van der Waals surface area contributed by atoms with E-state index in [0.717, 1.165) is 28.3 Å². The van der Waals surface area contributed by atoms with E-state index in [0.29, 0.717) is 16.8 Å². The van der Waals surface area contributed by atoms with Gasteiger partial charge in [0.15, 0.2) is 0 Å². The van der Waals surface area contributed by atoms with Gasteiger partial charge in [0.2, 0.25) is 0 Å². The van der Waals surface area contributed by atoms with Gasteiger partial charge in [-0.1, -0.05) is 78.9 Å². The molecule has 1 heterocycles. The van der Waals surface area contributed by atoms with Gasteiger partial charge in [-0.3, -0.25) is 0 Å². The fourth-order valence-corrected chi connectivity index (χ4v) is 4.67. The van der Waals surface area contributed by atoms with Crippen molar-refractivity contribution in [3.05, 3.63) is 144 Å². The first-order valence-corrected chi connectivity index (χ1v) is 12.2. The minimum absolute atomic E-state index is 0.291. The van der Waals surface area contributed by atoms with Gasteiger partial charge in [-0.15, -0.1) is 0 Å². The predicted octanol–water partition coefficient (Wildman–Crippen LogP) is 7.57. The van der Waals surface area contributed by atoms with Crippen LogP contribution in [-0.2, 0) is 11.8 Å². The van der Waals surface area contributed by atoms with Crippen LogP contribution in [0.2, 0.25) is 0 Å². The van der Waals surface area contributed by atoms with Crippen LogP contribution in [-0.4, -0.2) is 15.6 Å². The van der Waals surface area contributed by atoms with E-state index in [-0.39, 0.29) is 5.57 Å². The molecule has 0 aliphatic heterocycles. The summed E-state index contributed by atoms with van der Waals surface area (Å²) in [5.74, 6) is -1.25. The van der Waals surface area contributed by atoms with Crippen LogP contribution in [0.25, 0.3) is 16.8 Å². The number of rotatable bonds is 7. The minimum Gasteiger partial charge on any atom is -0.477 e. The third kappa shape index (κ3) is 4.71. The van der Waals surface area contributed by atoms with Gasteiger partial charge in [0.1, 0.15) is 11.6 Å². The molecular formula is C33H25N3O2. The molecule has 0 bridgehead atoms. The highest BCUT2D eigenvalue weighted by Crippen LogP contribution is 2.36. The molecule has 0 amide bonds. The maximum atomic E-state index is 11.9. The third-order valence-corrected chi connectivity index (χ3v) is 6.47. The number of benzene rings is 4. The number of hydrogen-bond acceptors (Lipinski definition) is 3. The molecule has 5 aromatic rings. The van der Waals surface area contributed by atoms with Crippen LogP contribution in [0.15, 0.2) is 133 Å². The zero-order chi connectivity index (χ0) is 26.5. The van der Waals surface area contributed by atoms with Crippen molar-refractivity contribution in [1.29, 1.82) is 5.26 Å². The van der Waals surface area contributed by atoms with Gasteiger partial charge in [-0.25, -0.2) is 4.79 Å². The molecule has 0 radical (unpaired) electrons. The van der Waals surface area contributed by atoms with E-state index in [1.165, 1.54) is 0 Å². The van der Waals surface area contributed by atoms with Crippen LogP contribution >= 0.6 is 0 Å². The maximum Gasteiger partial charge on any atom is 0.347 e. The molecule has 0 saturated heterocycles. The molecule has 5 rings (SSSR count). The summed E-state index contributed by atoms with van der Waals surface area (Å²) < 4.78 is 1.93. The van der Waals surface area contributed by atoms with Gasteiger partial charge in [0.25, 0.3) is 0 Å². The van der Waals surface area contributed by atoms with Crippen LogP contribution in [0.3, 0.4) is 0 Å². The highest BCUT2D eigenvalue weighted by Gasteiger charge is 2.21. The van der Waals surface area contributed by atoms with Gasteiger partial charge in [-0.2, -0.15) is 5.26 Å². The van der Waals surface area contributed by atoms with Gasteiger partial charge < -0.3 is 14.6 Å². The molecule has 5 heteroatoms. The Labute approximate surface area is 221 Å². The molecule has 0 spiro atoms. The molecule has 0 atom stereocenters. The summed E-state index contributed by atoms with van der Waals surface area (Å²) in [5, 5.41) is 19.4. The molecule has 0 aliphatic rings. The van der Waals surface area contributed by atoms with E-state index in [1.54, 1.807) is 0 Å². The zero-order valence-electron chi connectivity index (χ0n) is 20.8. The number of carboxylic acid groups (broad SMARTS) is 1. The number of hydrogen-bond donors (Lipinski definition) is 1. The standard InChI is InChI=1S/C33H25N3O2/c1-35-30(21-22-31(35)32(29(23-34)33(37)38)25-11-5-2-6-12-25)24-17-19-28(20-18-24)36(26-13-7-3-8-14-26)27-15-9-4-10-16-27/h2-22H,1H3,(H,37,38). The molecule has 5 nitrogen and oxygen atoms in total. The van der Waals surface area contributed by atoms with Gasteiger partial charge in [-0.05, 0) is 59.7 Å². The number of nitrogens with zero attached hydrogens (tertiary/aromatic N) is 3. The SMILES string of the molecule is Cn1c(C(=C(C#N)C(=O)O)c2ccccc2)ccc1-c1ccc(N(c2ccccc2)c2ccccc2)cc1. The summed E-state index contributed by atoms with van der Waals surface area (Å²) >= 11 is 0. The van der Waals surface area contributed by atoms with Crippen molar-refractivity contribution in [2.75, 3.05) is 4.90 Å². The van der Waals surface area contributed by atoms with Crippen molar-refractivity contribution in [3.8, 4) is 17.3 Å². The lowest BCUT2D eigenvalue weighted by molar-refractivity contribution is -0.132. The van der Waals surface area contributed by atoms with E-state index < -0.39 is 5.97 Å². The second-order valence-electron chi connectivity index (χ2n) is 8.75. The largest absolute Gasteiger partial charge is 0.477 e. The number of anilines is 3. The Kier molecular flexibility index (Phi) is 6.88. The molecule has 0 saturated carbocycles. The van der Waals surface area contributed by atoms with E-state index in [4.69, 9.17) is 0 Å². The van der Waals surface area contributed by atoms with Crippen molar-refractivity contribution in [1.82, 2.24) is 4.57 Å². The summed E-state index contributed by atoms with van der Waals surface area (Å²) in [6.07, 6.45) is 0. The Morgan fingerprint density at radius 2 is 1.21 bits per heavy atom.